The average Bonchev–Trinajstić information content (AvgIpc) is 3.15. The Bertz CT molecular complexity index is 998. The molecule has 0 bridgehead atoms. The van der Waals surface area contributed by atoms with Gasteiger partial charge in [0.1, 0.15) is 0 Å². The van der Waals surface area contributed by atoms with E-state index in [9.17, 15) is 18.0 Å². The summed E-state index contributed by atoms with van der Waals surface area (Å²) in [5, 5.41) is 7.96. The molecule has 2 heterocycles. The molecule has 0 radical (unpaired) electrons. The minimum Gasteiger partial charge on any atom is -0.307 e. The molecule has 0 saturated carbocycles. The Morgan fingerprint density at radius 1 is 1.11 bits per heavy atom. The van der Waals surface area contributed by atoms with Gasteiger partial charge in [-0.05, 0) is 42.2 Å². The van der Waals surface area contributed by atoms with Gasteiger partial charge in [-0.2, -0.15) is 13.2 Å². The van der Waals surface area contributed by atoms with Gasteiger partial charge in [-0.25, -0.2) is 4.68 Å². The largest absolute Gasteiger partial charge is 0.416 e. The maximum atomic E-state index is 13.0. The molecular weight excluding hydrogens is 369 g/mol. The van der Waals surface area contributed by atoms with Gasteiger partial charge < -0.3 is 4.90 Å². The third kappa shape index (κ3) is 3.62. The molecule has 4 rings (SSSR count). The first kappa shape index (κ1) is 18.2. The van der Waals surface area contributed by atoms with Gasteiger partial charge in [-0.15, -0.1) is 5.10 Å². The van der Waals surface area contributed by atoms with Crippen molar-refractivity contribution in [3.05, 3.63) is 77.1 Å². The molecule has 1 aromatic heterocycles. The predicted molar refractivity (Wildman–Crippen MR) is 97.0 cm³/mol. The molecule has 0 atom stereocenters. The van der Waals surface area contributed by atoms with E-state index >= 15 is 0 Å². The van der Waals surface area contributed by atoms with Crippen LogP contribution in [0.5, 0.6) is 0 Å². The summed E-state index contributed by atoms with van der Waals surface area (Å²) in [6.45, 7) is 0.912. The van der Waals surface area contributed by atoms with Crippen LogP contribution in [0, 0.1) is 0 Å². The molecule has 1 aliphatic rings. The number of hydrogen-bond acceptors (Lipinski definition) is 3. The van der Waals surface area contributed by atoms with E-state index in [4.69, 9.17) is 0 Å². The maximum absolute atomic E-state index is 13.0. The van der Waals surface area contributed by atoms with Gasteiger partial charge in [0.05, 0.1) is 18.3 Å². The van der Waals surface area contributed by atoms with Crippen LogP contribution < -0.4 is 4.90 Å². The summed E-state index contributed by atoms with van der Waals surface area (Å²) in [5.41, 5.74) is 1.51. The molecule has 0 spiro atoms. The number of fused-ring (bicyclic) bond motifs is 1. The summed E-state index contributed by atoms with van der Waals surface area (Å²) in [7, 11) is 0. The first-order chi connectivity index (χ1) is 13.4. The van der Waals surface area contributed by atoms with Crippen molar-refractivity contribution in [3.63, 3.8) is 0 Å². The van der Waals surface area contributed by atoms with Crippen molar-refractivity contribution >= 4 is 11.6 Å². The maximum Gasteiger partial charge on any atom is 0.416 e. The second-order valence-electron chi connectivity index (χ2n) is 6.69. The van der Waals surface area contributed by atoms with Crippen molar-refractivity contribution < 1.29 is 18.0 Å². The van der Waals surface area contributed by atoms with Gasteiger partial charge in [-0.1, -0.05) is 35.5 Å². The fourth-order valence-electron chi connectivity index (χ4n) is 3.37. The summed E-state index contributed by atoms with van der Waals surface area (Å²) in [6, 6.07) is 13.1. The summed E-state index contributed by atoms with van der Waals surface area (Å²) in [4.78, 5) is 14.4. The van der Waals surface area contributed by atoms with E-state index in [1.54, 1.807) is 10.9 Å². The highest BCUT2D eigenvalue weighted by molar-refractivity contribution is 6.05. The van der Waals surface area contributed by atoms with Gasteiger partial charge >= 0.3 is 6.18 Å². The van der Waals surface area contributed by atoms with Crippen molar-refractivity contribution in [1.82, 2.24) is 15.0 Å². The number of anilines is 1. The number of aryl methyl sites for hydroxylation is 1. The third-order valence-corrected chi connectivity index (χ3v) is 4.72. The summed E-state index contributed by atoms with van der Waals surface area (Å²) < 4.78 is 40.4. The first-order valence-electron chi connectivity index (χ1n) is 8.88. The van der Waals surface area contributed by atoms with E-state index in [-0.39, 0.29) is 11.6 Å². The summed E-state index contributed by atoms with van der Waals surface area (Å²) in [6.07, 6.45) is -1.74. The highest BCUT2D eigenvalue weighted by atomic mass is 19.4. The number of amides is 1. The number of rotatable bonds is 3. The lowest BCUT2D eigenvalue weighted by Gasteiger charge is -2.29. The van der Waals surface area contributed by atoms with Gasteiger partial charge in [0.2, 0.25) is 0 Å². The van der Waals surface area contributed by atoms with Crippen LogP contribution >= 0.6 is 0 Å². The highest BCUT2D eigenvalue weighted by Crippen LogP contribution is 2.35. The van der Waals surface area contributed by atoms with Crippen molar-refractivity contribution in [3.8, 4) is 0 Å². The van der Waals surface area contributed by atoms with Gasteiger partial charge in [0.15, 0.2) is 5.69 Å². The van der Waals surface area contributed by atoms with Crippen LogP contribution in [0.15, 0.2) is 54.7 Å². The zero-order chi connectivity index (χ0) is 19.7. The molecule has 0 unspecified atom stereocenters. The Morgan fingerprint density at radius 3 is 2.64 bits per heavy atom. The van der Waals surface area contributed by atoms with Crippen molar-refractivity contribution in [2.45, 2.75) is 25.6 Å². The zero-order valence-corrected chi connectivity index (χ0v) is 14.9. The monoisotopic (exact) mass is 386 g/mol. The SMILES string of the molecule is O=C(c1cn(Cc2ccccc2)nn1)N1CCCc2cc(C(F)(F)F)ccc21. The zero-order valence-electron chi connectivity index (χ0n) is 14.9. The van der Waals surface area contributed by atoms with E-state index < -0.39 is 11.7 Å². The predicted octanol–water partition coefficient (Wildman–Crippen LogP) is 3.94. The van der Waals surface area contributed by atoms with Crippen LogP contribution in [0.4, 0.5) is 18.9 Å². The van der Waals surface area contributed by atoms with Crippen molar-refractivity contribution in [1.29, 1.82) is 0 Å². The number of aromatic nitrogens is 3. The first-order valence-corrected chi connectivity index (χ1v) is 8.88. The summed E-state index contributed by atoms with van der Waals surface area (Å²) in [5.74, 6) is -0.361. The Hall–Kier alpha value is -3.16. The molecule has 0 N–H and O–H groups in total. The molecule has 3 aromatic rings. The number of nitrogens with zero attached hydrogens (tertiary/aromatic N) is 4. The van der Waals surface area contributed by atoms with Crippen molar-refractivity contribution in [2.75, 3.05) is 11.4 Å². The number of hydrogen-bond donors (Lipinski definition) is 0. The van der Waals surface area contributed by atoms with E-state index in [0.717, 1.165) is 17.7 Å². The molecule has 28 heavy (non-hydrogen) atoms. The molecule has 5 nitrogen and oxygen atoms in total. The van der Waals surface area contributed by atoms with E-state index in [0.29, 0.717) is 37.2 Å². The van der Waals surface area contributed by atoms with Crippen LogP contribution in [0.1, 0.15) is 33.6 Å². The molecule has 2 aromatic carbocycles. The van der Waals surface area contributed by atoms with Gasteiger partial charge in [0.25, 0.3) is 5.91 Å². The molecule has 0 saturated heterocycles. The standard InChI is InChI=1S/C20H17F3N4O/c21-20(22,23)16-8-9-18-15(11-16)7-4-10-27(18)19(28)17-13-26(25-24-17)12-14-5-2-1-3-6-14/h1-3,5-6,8-9,11,13H,4,7,10,12H2. The second kappa shape index (κ2) is 7.10. The van der Waals surface area contributed by atoms with Crippen LogP contribution in [-0.4, -0.2) is 27.4 Å². The number of halogens is 3. The highest BCUT2D eigenvalue weighted by Gasteiger charge is 2.33. The number of carbonyl (C=O) groups is 1. The lowest BCUT2D eigenvalue weighted by molar-refractivity contribution is -0.137. The fourth-order valence-corrected chi connectivity index (χ4v) is 3.37. The molecule has 1 amide bonds. The van der Waals surface area contributed by atoms with Crippen LogP contribution in [0.2, 0.25) is 0 Å². The molecule has 1 aliphatic heterocycles. The topological polar surface area (TPSA) is 51.0 Å². The summed E-state index contributed by atoms with van der Waals surface area (Å²) >= 11 is 0. The quantitative estimate of drug-likeness (QED) is 0.685. The van der Waals surface area contributed by atoms with E-state index in [1.165, 1.54) is 11.0 Å². The Morgan fingerprint density at radius 2 is 1.89 bits per heavy atom. The van der Waals surface area contributed by atoms with Crippen LogP contribution in [-0.2, 0) is 19.1 Å². The Kier molecular flexibility index (Phi) is 4.62. The van der Waals surface area contributed by atoms with E-state index in [2.05, 4.69) is 10.3 Å². The lowest BCUT2D eigenvalue weighted by atomic mass is 9.98. The minimum atomic E-state index is -4.40. The second-order valence-corrected chi connectivity index (χ2v) is 6.69. The molecule has 0 fully saturated rings. The smallest absolute Gasteiger partial charge is 0.307 e. The van der Waals surface area contributed by atoms with Crippen molar-refractivity contribution in [2.24, 2.45) is 0 Å². The van der Waals surface area contributed by atoms with Crippen LogP contribution in [0.3, 0.4) is 0 Å². The molecule has 0 aliphatic carbocycles. The number of carbonyl (C=O) groups excluding carboxylic acids is 1. The van der Waals surface area contributed by atoms with E-state index in [1.807, 2.05) is 30.3 Å². The molecule has 8 heteroatoms. The Balaban J connectivity index is 1.57. The fraction of sp³-hybridized carbons (Fsp3) is 0.250. The average molecular weight is 386 g/mol. The lowest BCUT2D eigenvalue weighted by Crippen LogP contribution is -2.35. The molecular formula is C20H17F3N4O. The van der Waals surface area contributed by atoms with Gasteiger partial charge in [-0.3, -0.25) is 4.79 Å². The normalized spacial score (nSPS) is 14.0. The number of benzene rings is 2. The van der Waals surface area contributed by atoms with Gasteiger partial charge in [0, 0.05) is 12.2 Å². The number of alkyl halides is 3. The van der Waals surface area contributed by atoms with Crippen LogP contribution in [0.25, 0.3) is 0 Å². The minimum absolute atomic E-state index is 0.170. The third-order valence-electron chi connectivity index (χ3n) is 4.72. The Labute approximate surface area is 159 Å². The molecule has 144 valence electrons.